The number of ketones is 1. The van der Waals surface area contributed by atoms with E-state index in [4.69, 9.17) is 23.2 Å². The first-order chi connectivity index (χ1) is 13.4. The molecule has 0 fully saturated rings. The molecule has 0 amide bonds. The van der Waals surface area contributed by atoms with Gasteiger partial charge in [0.1, 0.15) is 5.82 Å². The fourth-order valence-electron chi connectivity index (χ4n) is 3.30. The van der Waals surface area contributed by atoms with Crippen molar-refractivity contribution in [3.05, 3.63) is 99.4 Å². The minimum Gasteiger partial charge on any atom is -1.00 e. The van der Waals surface area contributed by atoms with Crippen molar-refractivity contribution in [2.45, 2.75) is 6.92 Å². The summed E-state index contributed by atoms with van der Waals surface area (Å²) in [7, 11) is 0. The molecule has 2 nitrogen and oxygen atoms in total. The van der Waals surface area contributed by atoms with Gasteiger partial charge in [-0.3, -0.25) is 9.78 Å². The fourth-order valence-corrected chi connectivity index (χ4v) is 3.60. The number of hydrogen-bond donors (Lipinski definition) is 0. The van der Waals surface area contributed by atoms with Gasteiger partial charge in [-0.25, -0.2) is 4.39 Å². The molecule has 0 bridgehead atoms. The van der Waals surface area contributed by atoms with Gasteiger partial charge in [-0.05, 0) is 67.1 Å². The molecular weight excluding hydrogens is 432 g/mol. The lowest BCUT2D eigenvalue weighted by Crippen LogP contribution is -3.00. The Bertz CT molecular complexity index is 1210. The molecule has 0 unspecified atom stereocenters. The highest BCUT2D eigenvalue weighted by molar-refractivity contribution is 6.32. The van der Waals surface area contributed by atoms with Crippen LogP contribution in [0.2, 0.25) is 10.0 Å². The minimum absolute atomic E-state index is 0. The molecule has 29 heavy (non-hydrogen) atoms. The Kier molecular flexibility index (Phi) is 6.23. The SMILES string of the molecule is Cc1nc2ccc(Cl)cc2c(-c2ccc(F)cc2)c1C(=O)c1ccc(Cl)cc1.[Cl-]. The number of hydrogen-bond acceptors (Lipinski definition) is 2. The zero-order valence-electron chi connectivity index (χ0n) is 15.2. The first-order valence-electron chi connectivity index (χ1n) is 8.60. The summed E-state index contributed by atoms with van der Waals surface area (Å²) in [4.78, 5) is 18.0. The van der Waals surface area contributed by atoms with Gasteiger partial charge in [-0.2, -0.15) is 0 Å². The lowest BCUT2D eigenvalue weighted by atomic mass is 9.90. The largest absolute Gasteiger partial charge is 1.00 e. The summed E-state index contributed by atoms with van der Waals surface area (Å²) in [5, 5.41) is 1.82. The van der Waals surface area contributed by atoms with E-state index in [1.165, 1.54) is 12.1 Å². The highest BCUT2D eigenvalue weighted by atomic mass is 35.5. The maximum Gasteiger partial charge on any atom is 0.195 e. The van der Waals surface area contributed by atoms with Crippen LogP contribution in [0.15, 0.2) is 66.7 Å². The molecule has 146 valence electrons. The van der Waals surface area contributed by atoms with Crippen molar-refractivity contribution in [2.24, 2.45) is 0 Å². The molecule has 1 heterocycles. The molecule has 6 heteroatoms. The number of benzene rings is 3. The summed E-state index contributed by atoms with van der Waals surface area (Å²) < 4.78 is 13.5. The third-order valence-corrected chi connectivity index (χ3v) is 5.08. The van der Waals surface area contributed by atoms with Crippen molar-refractivity contribution in [3.63, 3.8) is 0 Å². The van der Waals surface area contributed by atoms with E-state index in [-0.39, 0.29) is 24.0 Å². The van der Waals surface area contributed by atoms with Gasteiger partial charge in [-0.15, -0.1) is 0 Å². The molecule has 0 saturated heterocycles. The second-order valence-corrected chi connectivity index (χ2v) is 7.32. The van der Waals surface area contributed by atoms with Gasteiger partial charge < -0.3 is 12.4 Å². The quantitative estimate of drug-likeness (QED) is 0.448. The van der Waals surface area contributed by atoms with Crippen LogP contribution in [0.25, 0.3) is 22.0 Å². The van der Waals surface area contributed by atoms with Crippen LogP contribution in [0.3, 0.4) is 0 Å². The number of halogens is 4. The summed E-state index contributed by atoms with van der Waals surface area (Å²) in [6.45, 7) is 1.80. The number of carbonyl (C=O) groups excluding carboxylic acids is 1. The Morgan fingerprint density at radius 2 is 1.52 bits per heavy atom. The molecule has 0 aliphatic rings. The molecule has 0 radical (unpaired) electrons. The summed E-state index contributed by atoms with van der Waals surface area (Å²) in [6, 6.07) is 18.1. The predicted octanol–water partition coefficient (Wildman–Crippen LogP) is 3.89. The minimum atomic E-state index is -0.345. The Hall–Kier alpha value is -2.46. The summed E-state index contributed by atoms with van der Waals surface area (Å²) in [5.74, 6) is -0.523. The molecule has 0 aliphatic heterocycles. The molecule has 4 aromatic rings. The molecule has 0 aliphatic carbocycles. The average Bonchev–Trinajstić information content (AvgIpc) is 2.68. The number of pyridine rings is 1. The van der Waals surface area contributed by atoms with Crippen LogP contribution >= 0.6 is 23.2 Å². The number of nitrogens with zero attached hydrogens (tertiary/aromatic N) is 1. The van der Waals surface area contributed by atoms with Crippen LogP contribution < -0.4 is 12.4 Å². The van der Waals surface area contributed by atoms with Gasteiger partial charge in [0.05, 0.1) is 11.1 Å². The second-order valence-electron chi connectivity index (χ2n) is 6.45. The predicted molar refractivity (Wildman–Crippen MR) is 112 cm³/mol. The molecule has 1 aromatic heterocycles. The maximum absolute atomic E-state index is 13.5. The Morgan fingerprint density at radius 1 is 0.897 bits per heavy atom. The van der Waals surface area contributed by atoms with Crippen LogP contribution in [-0.2, 0) is 0 Å². The molecule has 0 atom stereocenters. The van der Waals surface area contributed by atoms with Crippen molar-refractivity contribution >= 4 is 39.9 Å². The van der Waals surface area contributed by atoms with Crippen molar-refractivity contribution < 1.29 is 21.6 Å². The van der Waals surface area contributed by atoms with Gasteiger partial charge in [0.2, 0.25) is 0 Å². The zero-order valence-corrected chi connectivity index (χ0v) is 17.5. The van der Waals surface area contributed by atoms with Crippen molar-refractivity contribution in [1.82, 2.24) is 4.98 Å². The lowest BCUT2D eigenvalue weighted by Gasteiger charge is -2.16. The number of carbonyl (C=O) groups is 1. The van der Waals surface area contributed by atoms with Crippen LogP contribution in [0, 0.1) is 12.7 Å². The van der Waals surface area contributed by atoms with E-state index >= 15 is 0 Å². The van der Waals surface area contributed by atoms with Crippen LogP contribution in [-0.4, -0.2) is 10.8 Å². The van der Waals surface area contributed by atoms with Gasteiger partial charge in [0.15, 0.2) is 5.78 Å². The molecule has 0 spiro atoms. The van der Waals surface area contributed by atoms with E-state index in [2.05, 4.69) is 4.98 Å². The van der Waals surface area contributed by atoms with E-state index in [1.54, 1.807) is 55.5 Å². The summed E-state index contributed by atoms with van der Waals surface area (Å²) in [5.41, 5.74) is 3.67. The number of fused-ring (bicyclic) bond motifs is 1. The molecule has 3 aromatic carbocycles. The number of rotatable bonds is 3. The normalized spacial score (nSPS) is 10.6. The maximum atomic E-state index is 13.5. The van der Waals surface area contributed by atoms with Gasteiger partial charge in [-0.1, -0.05) is 35.3 Å². The average molecular weight is 446 g/mol. The number of aryl methyl sites for hydroxylation is 1. The first-order valence-corrected chi connectivity index (χ1v) is 9.35. The van der Waals surface area contributed by atoms with Crippen LogP contribution in [0.4, 0.5) is 4.39 Å². The third-order valence-electron chi connectivity index (χ3n) is 4.59. The highest BCUT2D eigenvalue weighted by Crippen LogP contribution is 2.35. The first kappa shape index (κ1) is 21.3. The van der Waals surface area contributed by atoms with Crippen molar-refractivity contribution in [3.8, 4) is 11.1 Å². The van der Waals surface area contributed by atoms with E-state index in [9.17, 15) is 9.18 Å². The Morgan fingerprint density at radius 3 is 2.17 bits per heavy atom. The van der Waals surface area contributed by atoms with E-state index < -0.39 is 0 Å². The van der Waals surface area contributed by atoms with E-state index in [1.807, 2.05) is 6.07 Å². The van der Waals surface area contributed by atoms with E-state index in [0.29, 0.717) is 37.9 Å². The zero-order chi connectivity index (χ0) is 19.8. The second kappa shape index (κ2) is 8.50. The van der Waals surface area contributed by atoms with Crippen LogP contribution in [0.1, 0.15) is 21.6 Å². The van der Waals surface area contributed by atoms with Gasteiger partial charge >= 0.3 is 0 Å². The Balaban J connectivity index is 0.00000240. The monoisotopic (exact) mass is 444 g/mol. The van der Waals surface area contributed by atoms with Crippen LogP contribution in [0.5, 0.6) is 0 Å². The van der Waals surface area contributed by atoms with Crippen molar-refractivity contribution in [2.75, 3.05) is 0 Å². The smallest absolute Gasteiger partial charge is 0.195 e. The molecule has 4 rings (SSSR count). The molecular formula is C23H14Cl3FNO-. The standard InChI is InChI=1S/C23H14Cl2FNO.ClH/c1-13-21(23(28)15-2-6-16(24)7-3-15)22(14-4-9-18(26)10-5-14)19-12-17(25)8-11-20(19)27-13;/h2-12H,1H3;1H/p-1. The molecule has 0 saturated carbocycles. The number of aromatic nitrogens is 1. The van der Waals surface area contributed by atoms with Gasteiger partial charge in [0.25, 0.3) is 0 Å². The molecule has 0 N–H and O–H groups in total. The fraction of sp³-hybridized carbons (Fsp3) is 0.0435. The van der Waals surface area contributed by atoms with Crippen molar-refractivity contribution in [1.29, 1.82) is 0 Å². The lowest BCUT2D eigenvalue weighted by molar-refractivity contribution is -0.0000134. The third kappa shape index (κ3) is 4.13. The topological polar surface area (TPSA) is 30.0 Å². The summed E-state index contributed by atoms with van der Waals surface area (Å²) >= 11 is 12.2. The van der Waals surface area contributed by atoms with Gasteiger partial charge in [0, 0.05) is 32.3 Å². The summed E-state index contributed by atoms with van der Waals surface area (Å²) in [6.07, 6.45) is 0. The van der Waals surface area contributed by atoms with E-state index in [0.717, 1.165) is 10.9 Å². The highest BCUT2D eigenvalue weighted by Gasteiger charge is 2.22. The Labute approximate surface area is 183 Å².